The van der Waals surface area contributed by atoms with Gasteiger partial charge >= 0.3 is 0 Å². The van der Waals surface area contributed by atoms with Gasteiger partial charge in [-0.3, -0.25) is 4.98 Å². The molecule has 2 rings (SSSR count). The van der Waals surface area contributed by atoms with E-state index in [0.29, 0.717) is 0 Å². The fourth-order valence-corrected chi connectivity index (χ4v) is 2.42. The predicted octanol–water partition coefficient (Wildman–Crippen LogP) is 2.93. The van der Waals surface area contributed by atoms with Gasteiger partial charge in [-0.2, -0.15) is 0 Å². The molecule has 1 aliphatic rings. The Labute approximate surface area is 92.3 Å². The van der Waals surface area contributed by atoms with Gasteiger partial charge in [0.1, 0.15) is 0 Å². The van der Waals surface area contributed by atoms with E-state index in [-0.39, 0.29) is 0 Å². The van der Waals surface area contributed by atoms with Crippen LogP contribution in [0.5, 0.6) is 0 Å². The van der Waals surface area contributed by atoms with Crippen LogP contribution in [0, 0.1) is 19.8 Å². The second-order valence-electron chi connectivity index (χ2n) is 4.75. The quantitative estimate of drug-likeness (QED) is 0.699. The molecule has 1 atom stereocenters. The van der Waals surface area contributed by atoms with Crippen molar-refractivity contribution in [3.8, 4) is 0 Å². The highest BCUT2D eigenvalue weighted by atomic mass is 15.1. The smallest absolute Gasteiger partial charge is 0.0608 e. The van der Waals surface area contributed by atoms with Gasteiger partial charge in [0, 0.05) is 18.8 Å². The molecule has 0 radical (unpaired) electrons. The van der Waals surface area contributed by atoms with E-state index in [2.05, 4.69) is 42.8 Å². The lowest BCUT2D eigenvalue weighted by Gasteiger charge is -2.33. The zero-order valence-electron chi connectivity index (χ0n) is 9.95. The van der Waals surface area contributed by atoms with Gasteiger partial charge in [0.15, 0.2) is 0 Å². The highest BCUT2D eigenvalue weighted by Gasteiger charge is 2.18. The van der Waals surface area contributed by atoms with Crippen LogP contribution < -0.4 is 4.90 Å². The number of hydrogen-bond acceptors (Lipinski definition) is 2. The van der Waals surface area contributed by atoms with Gasteiger partial charge in [-0.15, -0.1) is 0 Å². The van der Waals surface area contributed by atoms with Crippen molar-refractivity contribution < 1.29 is 0 Å². The summed E-state index contributed by atoms with van der Waals surface area (Å²) in [6.07, 6.45) is 2.68. The van der Waals surface area contributed by atoms with Crippen molar-refractivity contribution in [1.29, 1.82) is 0 Å². The first-order valence-electron chi connectivity index (χ1n) is 5.86. The van der Waals surface area contributed by atoms with Crippen molar-refractivity contribution >= 4 is 5.69 Å². The third-order valence-corrected chi connectivity index (χ3v) is 3.19. The van der Waals surface area contributed by atoms with E-state index in [1.165, 1.54) is 37.3 Å². The number of rotatable bonds is 1. The first-order valence-corrected chi connectivity index (χ1v) is 5.86. The van der Waals surface area contributed by atoms with Gasteiger partial charge in [-0.25, -0.2) is 0 Å². The van der Waals surface area contributed by atoms with Gasteiger partial charge < -0.3 is 4.90 Å². The maximum atomic E-state index is 4.53. The summed E-state index contributed by atoms with van der Waals surface area (Å²) in [5.74, 6) is 0.819. The highest BCUT2D eigenvalue weighted by Crippen LogP contribution is 2.24. The average molecular weight is 204 g/mol. The monoisotopic (exact) mass is 204 g/mol. The molecular weight excluding hydrogens is 184 g/mol. The Bertz CT molecular complexity index is 346. The largest absolute Gasteiger partial charge is 0.370 e. The summed E-state index contributed by atoms with van der Waals surface area (Å²) < 4.78 is 0. The number of anilines is 1. The maximum absolute atomic E-state index is 4.53. The normalized spacial score (nSPS) is 21.8. The summed E-state index contributed by atoms with van der Waals surface area (Å²) >= 11 is 0. The molecule has 0 N–H and O–H groups in total. The Morgan fingerprint density at radius 3 is 2.80 bits per heavy atom. The van der Waals surface area contributed by atoms with Crippen LogP contribution in [0.2, 0.25) is 0 Å². The Balaban J connectivity index is 2.21. The van der Waals surface area contributed by atoms with Gasteiger partial charge in [0.25, 0.3) is 0 Å². The Morgan fingerprint density at radius 2 is 2.13 bits per heavy atom. The minimum atomic E-state index is 0.819. The molecule has 15 heavy (non-hydrogen) atoms. The number of aromatic nitrogens is 1. The standard InChI is InChI=1S/C13H20N2/c1-10-5-4-8-15(9-10)13-7-6-11(2)14-12(13)3/h6-7,10H,4-5,8-9H2,1-3H3/t10-/m1/s1. The van der Waals surface area contributed by atoms with Crippen LogP contribution in [0.25, 0.3) is 0 Å². The SMILES string of the molecule is Cc1ccc(N2CCC[C@@H](C)C2)c(C)n1. The second-order valence-corrected chi connectivity index (χ2v) is 4.75. The minimum Gasteiger partial charge on any atom is -0.370 e. The van der Waals surface area contributed by atoms with Crippen LogP contribution in [0.1, 0.15) is 31.2 Å². The number of nitrogens with zero attached hydrogens (tertiary/aromatic N) is 2. The molecular formula is C13H20N2. The van der Waals surface area contributed by atoms with Gasteiger partial charge in [-0.05, 0) is 44.7 Å². The van der Waals surface area contributed by atoms with E-state index < -0.39 is 0 Å². The fraction of sp³-hybridized carbons (Fsp3) is 0.615. The van der Waals surface area contributed by atoms with Crippen molar-refractivity contribution in [2.24, 2.45) is 5.92 Å². The lowest BCUT2D eigenvalue weighted by atomic mass is 9.99. The third kappa shape index (κ3) is 2.31. The molecule has 2 nitrogen and oxygen atoms in total. The van der Waals surface area contributed by atoms with Crippen LogP contribution in [-0.2, 0) is 0 Å². The van der Waals surface area contributed by atoms with E-state index in [4.69, 9.17) is 0 Å². The average Bonchev–Trinajstić information content (AvgIpc) is 2.17. The molecule has 2 heteroatoms. The molecule has 0 unspecified atom stereocenters. The van der Waals surface area contributed by atoms with E-state index >= 15 is 0 Å². The van der Waals surface area contributed by atoms with Gasteiger partial charge in [-0.1, -0.05) is 6.92 Å². The third-order valence-electron chi connectivity index (χ3n) is 3.19. The van der Waals surface area contributed by atoms with Crippen molar-refractivity contribution in [3.63, 3.8) is 0 Å². The van der Waals surface area contributed by atoms with Crippen LogP contribution in [0.4, 0.5) is 5.69 Å². The molecule has 0 aliphatic carbocycles. The molecule has 1 aromatic rings. The van der Waals surface area contributed by atoms with Crippen LogP contribution in [0.3, 0.4) is 0 Å². The summed E-state index contributed by atoms with van der Waals surface area (Å²) in [6.45, 7) is 8.88. The number of piperidine rings is 1. The lowest BCUT2D eigenvalue weighted by molar-refractivity contribution is 0.446. The fourth-order valence-electron chi connectivity index (χ4n) is 2.42. The van der Waals surface area contributed by atoms with Crippen LogP contribution in [-0.4, -0.2) is 18.1 Å². The molecule has 2 heterocycles. The first-order chi connectivity index (χ1) is 7.16. The zero-order valence-corrected chi connectivity index (χ0v) is 9.95. The highest BCUT2D eigenvalue weighted by molar-refractivity contribution is 5.50. The molecule has 0 amide bonds. The Hall–Kier alpha value is -1.05. The summed E-state index contributed by atoms with van der Waals surface area (Å²) in [6, 6.07) is 4.33. The molecule has 0 spiro atoms. The summed E-state index contributed by atoms with van der Waals surface area (Å²) in [5, 5.41) is 0. The van der Waals surface area contributed by atoms with Crippen LogP contribution >= 0.6 is 0 Å². The van der Waals surface area contributed by atoms with E-state index in [0.717, 1.165) is 11.6 Å². The summed E-state index contributed by atoms with van der Waals surface area (Å²) in [5.41, 5.74) is 3.61. The number of aryl methyl sites for hydroxylation is 2. The lowest BCUT2D eigenvalue weighted by Crippen LogP contribution is -2.34. The molecule has 0 aromatic carbocycles. The molecule has 1 saturated heterocycles. The van der Waals surface area contributed by atoms with Gasteiger partial charge in [0.05, 0.1) is 11.4 Å². The van der Waals surface area contributed by atoms with Gasteiger partial charge in [0.2, 0.25) is 0 Å². The second kappa shape index (κ2) is 4.21. The molecule has 0 bridgehead atoms. The molecule has 1 fully saturated rings. The van der Waals surface area contributed by atoms with Crippen LogP contribution in [0.15, 0.2) is 12.1 Å². The van der Waals surface area contributed by atoms with Crippen molar-refractivity contribution in [2.75, 3.05) is 18.0 Å². The molecule has 1 aromatic heterocycles. The van der Waals surface area contributed by atoms with E-state index in [1.807, 2.05) is 0 Å². The van der Waals surface area contributed by atoms with Crippen molar-refractivity contribution in [1.82, 2.24) is 4.98 Å². The first kappa shape index (κ1) is 10.5. The topological polar surface area (TPSA) is 16.1 Å². The Kier molecular flexibility index (Phi) is 2.94. The van der Waals surface area contributed by atoms with E-state index in [1.54, 1.807) is 0 Å². The maximum Gasteiger partial charge on any atom is 0.0608 e. The Morgan fingerprint density at radius 1 is 1.33 bits per heavy atom. The molecule has 0 saturated carbocycles. The summed E-state index contributed by atoms with van der Waals surface area (Å²) in [7, 11) is 0. The molecule has 82 valence electrons. The predicted molar refractivity (Wildman–Crippen MR) is 64.3 cm³/mol. The van der Waals surface area contributed by atoms with Crippen molar-refractivity contribution in [2.45, 2.75) is 33.6 Å². The zero-order chi connectivity index (χ0) is 10.8. The van der Waals surface area contributed by atoms with E-state index in [9.17, 15) is 0 Å². The molecule has 1 aliphatic heterocycles. The minimum absolute atomic E-state index is 0.819. The number of hydrogen-bond donors (Lipinski definition) is 0. The number of pyridine rings is 1. The van der Waals surface area contributed by atoms with Crippen molar-refractivity contribution in [3.05, 3.63) is 23.5 Å². The summed E-state index contributed by atoms with van der Waals surface area (Å²) in [4.78, 5) is 7.01.